The van der Waals surface area contributed by atoms with Crippen LogP contribution in [0.2, 0.25) is 0 Å². The Kier molecular flexibility index (Phi) is 6.77. The van der Waals surface area contributed by atoms with E-state index in [9.17, 15) is 22.8 Å². The van der Waals surface area contributed by atoms with Crippen LogP contribution in [0.25, 0.3) is 0 Å². The van der Waals surface area contributed by atoms with Crippen molar-refractivity contribution in [2.24, 2.45) is 0 Å². The number of carbonyl (C=O) groups excluding carboxylic acids is 3. The number of anilines is 1. The van der Waals surface area contributed by atoms with Gasteiger partial charge in [0.15, 0.2) is 0 Å². The van der Waals surface area contributed by atoms with Crippen LogP contribution in [-0.4, -0.2) is 32.7 Å². The van der Waals surface area contributed by atoms with Gasteiger partial charge in [-0.2, -0.15) is 4.72 Å². The Morgan fingerprint density at radius 3 is 2.53 bits per heavy atom. The van der Waals surface area contributed by atoms with Crippen LogP contribution in [0.15, 0.2) is 53.4 Å². The number of terminal acetylenes is 1. The molecule has 0 bridgehead atoms. The van der Waals surface area contributed by atoms with Crippen LogP contribution in [0.1, 0.15) is 42.1 Å². The second-order valence-electron chi connectivity index (χ2n) is 7.40. The smallest absolute Gasteiger partial charge is 0.255 e. The van der Waals surface area contributed by atoms with Crippen molar-refractivity contribution >= 4 is 33.4 Å². The van der Waals surface area contributed by atoms with Crippen molar-refractivity contribution in [2.45, 2.75) is 36.5 Å². The summed E-state index contributed by atoms with van der Waals surface area (Å²) in [6.45, 7) is 1.74. The molecule has 2 aromatic carbocycles. The number of amides is 3. The SMILES string of the molecule is C#CCNS(=O)(=O)c1cccc(C(=O)Nc2ccc(C3(CC)CCC(=O)NC3=O)cc2)c1. The van der Waals surface area contributed by atoms with Gasteiger partial charge in [-0.1, -0.05) is 31.0 Å². The second kappa shape index (κ2) is 9.34. The van der Waals surface area contributed by atoms with E-state index >= 15 is 0 Å². The van der Waals surface area contributed by atoms with Gasteiger partial charge >= 0.3 is 0 Å². The van der Waals surface area contributed by atoms with E-state index in [0.717, 1.165) is 5.56 Å². The summed E-state index contributed by atoms with van der Waals surface area (Å²) < 4.78 is 26.7. The van der Waals surface area contributed by atoms with Gasteiger partial charge in [-0.15, -0.1) is 6.42 Å². The molecule has 1 aliphatic heterocycles. The molecule has 1 heterocycles. The van der Waals surface area contributed by atoms with Gasteiger partial charge < -0.3 is 5.32 Å². The average Bonchev–Trinajstić information content (AvgIpc) is 2.79. The Hall–Kier alpha value is -3.48. The van der Waals surface area contributed by atoms with Crippen LogP contribution in [0.3, 0.4) is 0 Å². The highest BCUT2D eigenvalue weighted by Gasteiger charge is 2.42. The van der Waals surface area contributed by atoms with Crippen molar-refractivity contribution in [1.82, 2.24) is 10.0 Å². The lowest BCUT2D eigenvalue weighted by Crippen LogP contribution is -2.51. The predicted octanol–water partition coefficient (Wildman–Crippen LogP) is 1.93. The number of hydrogen-bond acceptors (Lipinski definition) is 5. The highest BCUT2D eigenvalue weighted by molar-refractivity contribution is 7.89. The van der Waals surface area contributed by atoms with Crippen LogP contribution >= 0.6 is 0 Å². The molecular formula is C23H23N3O5S. The third kappa shape index (κ3) is 4.72. The molecule has 1 unspecified atom stereocenters. The van der Waals surface area contributed by atoms with Gasteiger partial charge in [0.05, 0.1) is 16.9 Å². The van der Waals surface area contributed by atoms with E-state index in [1.807, 2.05) is 6.92 Å². The normalized spacial score (nSPS) is 18.5. The van der Waals surface area contributed by atoms with Gasteiger partial charge in [0.2, 0.25) is 21.8 Å². The van der Waals surface area contributed by atoms with Crippen LogP contribution in [0.4, 0.5) is 5.69 Å². The maximum atomic E-state index is 12.6. The number of hydrogen-bond donors (Lipinski definition) is 3. The minimum atomic E-state index is -3.82. The lowest BCUT2D eigenvalue weighted by molar-refractivity contribution is -0.138. The standard InChI is InChI=1S/C23H23N3O5S/c1-3-14-24-32(30,31)19-7-5-6-16(15-19)21(28)25-18-10-8-17(9-11-18)23(4-2)13-12-20(27)26-22(23)29/h1,5-11,15,24H,4,12-14H2,2H3,(H,25,28)(H,26,27,29). The molecule has 0 radical (unpaired) electrons. The molecule has 1 aliphatic rings. The van der Waals surface area contributed by atoms with Gasteiger partial charge in [-0.3, -0.25) is 19.7 Å². The number of benzene rings is 2. The van der Waals surface area contributed by atoms with Crippen molar-refractivity contribution in [1.29, 1.82) is 0 Å². The molecule has 0 saturated carbocycles. The van der Waals surface area contributed by atoms with Crippen molar-refractivity contribution in [3.05, 3.63) is 59.7 Å². The third-order valence-corrected chi connectivity index (χ3v) is 6.94. The molecule has 0 aromatic heterocycles. The van der Waals surface area contributed by atoms with E-state index < -0.39 is 21.3 Å². The second-order valence-corrected chi connectivity index (χ2v) is 9.17. The topological polar surface area (TPSA) is 121 Å². The Labute approximate surface area is 186 Å². The van der Waals surface area contributed by atoms with Crippen molar-refractivity contribution in [3.8, 4) is 12.3 Å². The zero-order valence-electron chi connectivity index (χ0n) is 17.5. The quantitative estimate of drug-likeness (QED) is 0.437. The number of nitrogens with one attached hydrogen (secondary N) is 3. The molecule has 1 saturated heterocycles. The van der Waals surface area contributed by atoms with E-state index in [1.54, 1.807) is 24.3 Å². The molecule has 3 amide bonds. The van der Waals surface area contributed by atoms with Gasteiger partial charge in [-0.25, -0.2) is 8.42 Å². The summed E-state index contributed by atoms with van der Waals surface area (Å²) >= 11 is 0. The van der Waals surface area contributed by atoms with Crippen LogP contribution < -0.4 is 15.4 Å². The molecule has 166 valence electrons. The van der Waals surface area contributed by atoms with E-state index in [0.29, 0.717) is 18.5 Å². The van der Waals surface area contributed by atoms with Gasteiger partial charge in [-0.05, 0) is 48.7 Å². The van der Waals surface area contributed by atoms with E-state index in [4.69, 9.17) is 6.42 Å². The number of piperidine rings is 1. The van der Waals surface area contributed by atoms with Crippen LogP contribution in [-0.2, 0) is 25.0 Å². The zero-order valence-corrected chi connectivity index (χ0v) is 18.3. The predicted molar refractivity (Wildman–Crippen MR) is 119 cm³/mol. The molecule has 1 fully saturated rings. The number of carbonyl (C=O) groups is 3. The zero-order chi connectivity index (χ0) is 23.4. The van der Waals surface area contributed by atoms with Crippen molar-refractivity contribution in [2.75, 3.05) is 11.9 Å². The Balaban J connectivity index is 1.77. The highest BCUT2D eigenvalue weighted by Crippen LogP contribution is 2.36. The first-order chi connectivity index (χ1) is 15.2. The summed E-state index contributed by atoms with van der Waals surface area (Å²) in [5.41, 5.74) is 0.615. The molecular weight excluding hydrogens is 430 g/mol. The van der Waals surface area contributed by atoms with Gasteiger partial charge in [0.1, 0.15) is 0 Å². The lowest BCUT2D eigenvalue weighted by Gasteiger charge is -2.35. The molecule has 32 heavy (non-hydrogen) atoms. The van der Waals surface area contributed by atoms with E-state index in [2.05, 4.69) is 21.3 Å². The summed E-state index contributed by atoms with van der Waals surface area (Å²) in [4.78, 5) is 36.6. The van der Waals surface area contributed by atoms with Gasteiger partial charge in [0.25, 0.3) is 5.91 Å². The minimum absolute atomic E-state index is 0.0708. The third-order valence-electron chi connectivity index (χ3n) is 5.54. The first-order valence-electron chi connectivity index (χ1n) is 10.0. The molecule has 0 spiro atoms. The summed E-state index contributed by atoms with van der Waals surface area (Å²) in [5, 5.41) is 5.12. The fourth-order valence-corrected chi connectivity index (χ4v) is 4.65. The molecule has 0 aliphatic carbocycles. The van der Waals surface area contributed by atoms with Crippen molar-refractivity contribution < 1.29 is 22.8 Å². The fourth-order valence-electron chi connectivity index (χ4n) is 3.67. The number of rotatable bonds is 7. The Morgan fingerprint density at radius 1 is 1.19 bits per heavy atom. The minimum Gasteiger partial charge on any atom is -0.322 e. The van der Waals surface area contributed by atoms with Crippen molar-refractivity contribution in [3.63, 3.8) is 0 Å². The molecule has 9 heteroatoms. The maximum Gasteiger partial charge on any atom is 0.255 e. The first-order valence-corrected chi connectivity index (χ1v) is 11.5. The highest BCUT2D eigenvalue weighted by atomic mass is 32.2. The maximum absolute atomic E-state index is 12.6. The Morgan fingerprint density at radius 2 is 1.91 bits per heavy atom. The summed E-state index contributed by atoms with van der Waals surface area (Å²) in [5.74, 6) is 1.11. The lowest BCUT2D eigenvalue weighted by atomic mass is 9.72. The first kappa shape index (κ1) is 23.2. The number of imide groups is 1. The molecule has 1 atom stereocenters. The summed E-state index contributed by atoms with van der Waals surface area (Å²) in [6.07, 6.45) is 6.32. The fraction of sp³-hybridized carbons (Fsp3) is 0.261. The van der Waals surface area contributed by atoms with Crippen LogP contribution in [0.5, 0.6) is 0 Å². The monoisotopic (exact) mass is 453 g/mol. The van der Waals surface area contributed by atoms with E-state index in [1.165, 1.54) is 24.3 Å². The largest absolute Gasteiger partial charge is 0.322 e. The average molecular weight is 454 g/mol. The van der Waals surface area contributed by atoms with Crippen LogP contribution in [0, 0.1) is 12.3 Å². The summed E-state index contributed by atoms with van der Waals surface area (Å²) in [6, 6.07) is 12.4. The van der Waals surface area contributed by atoms with E-state index in [-0.39, 0.29) is 35.2 Å². The molecule has 3 rings (SSSR count). The molecule has 2 aromatic rings. The molecule has 3 N–H and O–H groups in total. The Bertz CT molecular complexity index is 1200. The number of sulfonamides is 1. The van der Waals surface area contributed by atoms with Gasteiger partial charge in [0, 0.05) is 17.7 Å². The molecule has 8 nitrogen and oxygen atoms in total. The summed E-state index contributed by atoms with van der Waals surface area (Å²) in [7, 11) is -3.82.